The Morgan fingerprint density at radius 3 is 2.25 bits per heavy atom. The number of hydrogen-bond donors (Lipinski definition) is 1. The molecule has 0 saturated carbocycles. The van der Waals surface area contributed by atoms with Gasteiger partial charge in [0.1, 0.15) is 6.04 Å². The molecular weight excluding hydrogens is 590 g/mol. The lowest BCUT2D eigenvalue weighted by Gasteiger charge is -2.32. The highest BCUT2D eigenvalue weighted by atomic mass is 79.9. The highest BCUT2D eigenvalue weighted by Crippen LogP contribution is 2.21. The summed E-state index contributed by atoms with van der Waals surface area (Å²) in [4.78, 5) is 28.9. The molecule has 0 radical (unpaired) electrons. The number of anilines is 1. The fourth-order valence-electron chi connectivity index (χ4n) is 4.47. The fraction of sp³-hybridized carbons (Fsp3) is 0.355. The van der Waals surface area contributed by atoms with E-state index in [0.717, 1.165) is 27.6 Å². The molecule has 7 nitrogen and oxygen atoms in total. The van der Waals surface area contributed by atoms with Crippen LogP contribution in [0.25, 0.3) is 0 Å². The van der Waals surface area contributed by atoms with Gasteiger partial charge in [-0.2, -0.15) is 0 Å². The van der Waals surface area contributed by atoms with Crippen molar-refractivity contribution in [2.24, 2.45) is 0 Å². The minimum absolute atomic E-state index is 0.0955. The highest BCUT2D eigenvalue weighted by molar-refractivity contribution is 9.10. The summed E-state index contributed by atoms with van der Waals surface area (Å²) in [6.07, 6.45) is 2.72. The quantitative estimate of drug-likeness (QED) is 0.257. The van der Waals surface area contributed by atoms with Crippen LogP contribution in [0, 0.1) is 6.92 Å². The Labute approximate surface area is 246 Å². The van der Waals surface area contributed by atoms with E-state index in [-0.39, 0.29) is 31.3 Å². The Balaban J connectivity index is 1.86. The molecule has 0 aliphatic rings. The van der Waals surface area contributed by atoms with Crippen LogP contribution >= 0.6 is 15.9 Å². The van der Waals surface area contributed by atoms with Crippen LogP contribution in [0.4, 0.5) is 5.69 Å². The first-order valence-corrected chi connectivity index (χ1v) is 16.1. The molecule has 2 amide bonds. The van der Waals surface area contributed by atoms with E-state index >= 15 is 0 Å². The lowest BCUT2D eigenvalue weighted by Crippen LogP contribution is -2.50. The molecular formula is C31H38BrN3O4S. The van der Waals surface area contributed by atoms with Crippen LogP contribution in [0.3, 0.4) is 0 Å². The molecule has 0 aliphatic heterocycles. The molecule has 0 spiro atoms. The van der Waals surface area contributed by atoms with Crippen molar-refractivity contribution in [1.82, 2.24) is 10.2 Å². The van der Waals surface area contributed by atoms with Crippen LogP contribution in [0.5, 0.6) is 0 Å². The molecule has 0 saturated heterocycles. The Hall–Kier alpha value is -3.17. The van der Waals surface area contributed by atoms with Gasteiger partial charge in [-0.05, 0) is 55.2 Å². The predicted molar refractivity (Wildman–Crippen MR) is 165 cm³/mol. The molecule has 0 heterocycles. The topological polar surface area (TPSA) is 86.8 Å². The number of carbonyl (C=O) groups excluding carboxylic acids is 2. The molecule has 0 aliphatic carbocycles. The van der Waals surface area contributed by atoms with Gasteiger partial charge in [0.2, 0.25) is 21.8 Å². The summed E-state index contributed by atoms with van der Waals surface area (Å²) >= 11 is 3.50. The number of sulfonamides is 1. The van der Waals surface area contributed by atoms with Crippen LogP contribution in [0.1, 0.15) is 42.9 Å². The second kappa shape index (κ2) is 15.0. The number of nitrogens with zero attached hydrogens (tertiary/aromatic N) is 2. The van der Waals surface area contributed by atoms with Crippen molar-refractivity contribution in [3.05, 3.63) is 100 Å². The third kappa shape index (κ3) is 9.48. The summed E-state index contributed by atoms with van der Waals surface area (Å²) in [7, 11) is -3.54. The summed E-state index contributed by atoms with van der Waals surface area (Å²) in [5.74, 6) is -0.406. The van der Waals surface area contributed by atoms with Gasteiger partial charge in [-0.1, -0.05) is 83.0 Å². The van der Waals surface area contributed by atoms with Crippen molar-refractivity contribution in [2.45, 2.75) is 52.1 Å². The zero-order valence-corrected chi connectivity index (χ0v) is 25.7. The summed E-state index contributed by atoms with van der Waals surface area (Å²) in [6.45, 7) is 4.85. The zero-order valence-electron chi connectivity index (χ0n) is 23.3. The molecule has 0 bridgehead atoms. The smallest absolute Gasteiger partial charge is 0.243 e. The molecule has 1 atom stereocenters. The van der Waals surface area contributed by atoms with E-state index in [4.69, 9.17) is 0 Å². The summed E-state index contributed by atoms with van der Waals surface area (Å²) < 4.78 is 27.4. The van der Waals surface area contributed by atoms with Gasteiger partial charge in [0.05, 0.1) is 11.9 Å². The fourth-order valence-corrected chi connectivity index (χ4v) is 5.88. The molecule has 40 heavy (non-hydrogen) atoms. The third-order valence-electron chi connectivity index (χ3n) is 6.54. The van der Waals surface area contributed by atoms with Crippen LogP contribution in [-0.4, -0.2) is 50.5 Å². The zero-order chi connectivity index (χ0) is 29.1. The molecule has 1 unspecified atom stereocenters. The Bertz CT molecular complexity index is 1360. The van der Waals surface area contributed by atoms with E-state index in [0.29, 0.717) is 25.1 Å². The summed E-state index contributed by atoms with van der Waals surface area (Å²) in [6, 6.07) is 23.9. The SMILES string of the molecule is CCCNC(=O)C(Cc1ccccc1)N(Cc1cccc(Br)c1)C(=O)CCCN(c1ccc(C)cc1)S(C)(=O)=O. The van der Waals surface area contributed by atoms with Crippen molar-refractivity contribution >= 4 is 43.5 Å². The van der Waals surface area contributed by atoms with E-state index in [2.05, 4.69) is 21.2 Å². The second-order valence-corrected chi connectivity index (χ2v) is 12.7. The third-order valence-corrected chi connectivity index (χ3v) is 8.22. The maximum atomic E-state index is 13.8. The minimum Gasteiger partial charge on any atom is -0.354 e. The number of nitrogens with one attached hydrogen (secondary N) is 1. The second-order valence-electron chi connectivity index (χ2n) is 9.92. The molecule has 3 aromatic rings. The van der Waals surface area contributed by atoms with Gasteiger partial charge in [-0.25, -0.2) is 8.42 Å². The average molecular weight is 629 g/mol. The monoisotopic (exact) mass is 627 g/mol. The van der Waals surface area contributed by atoms with Crippen LogP contribution < -0.4 is 9.62 Å². The number of carbonyl (C=O) groups is 2. The van der Waals surface area contributed by atoms with E-state index < -0.39 is 16.1 Å². The van der Waals surface area contributed by atoms with Crippen LogP contribution in [0.2, 0.25) is 0 Å². The van der Waals surface area contributed by atoms with Crippen LogP contribution in [0.15, 0.2) is 83.3 Å². The number of halogens is 1. The molecule has 0 aromatic heterocycles. The van der Waals surface area contributed by atoms with Gasteiger partial charge in [0, 0.05) is 36.9 Å². The first-order chi connectivity index (χ1) is 19.1. The van der Waals surface area contributed by atoms with E-state index in [1.165, 1.54) is 10.6 Å². The first kappa shape index (κ1) is 31.4. The van der Waals surface area contributed by atoms with Crippen molar-refractivity contribution < 1.29 is 18.0 Å². The summed E-state index contributed by atoms with van der Waals surface area (Å²) in [5.41, 5.74) is 3.43. The maximum absolute atomic E-state index is 13.8. The number of hydrogen-bond acceptors (Lipinski definition) is 4. The normalized spacial score (nSPS) is 12.0. The van der Waals surface area contributed by atoms with Gasteiger partial charge in [-0.15, -0.1) is 0 Å². The standard InChI is InChI=1S/C31H38BrN3O4S/c1-4-19-33-31(37)29(22-25-10-6-5-7-11-25)34(23-26-12-8-13-27(32)21-26)30(36)14-9-20-35(40(3,38)39)28-17-15-24(2)16-18-28/h5-8,10-13,15-18,21,29H,4,9,14,19-20,22-23H2,1-3H3,(H,33,37). The molecule has 9 heteroatoms. The van der Waals surface area contributed by atoms with Crippen molar-refractivity contribution in [1.29, 1.82) is 0 Å². The number of aryl methyl sites for hydroxylation is 1. The summed E-state index contributed by atoms with van der Waals surface area (Å²) in [5, 5.41) is 2.98. The lowest BCUT2D eigenvalue weighted by atomic mass is 10.0. The van der Waals surface area contributed by atoms with Gasteiger partial charge in [0.25, 0.3) is 0 Å². The minimum atomic E-state index is -3.54. The largest absolute Gasteiger partial charge is 0.354 e. The molecule has 0 fully saturated rings. The highest BCUT2D eigenvalue weighted by Gasteiger charge is 2.30. The molecule has 3 rings (SSSR count). The Kier molecular flexibility index (Phi) is 11.8. The van der Waals surface area contributed by atoms with E-state index in [1.54, 1.807) is 17.0 Å². The van der Waals surface area contributed by atoms with Gasteiger partial charge >= 0.3 is 0 Å². The van der Waals surface area contributed by atoms with Gasteiger partial charge in [0.15, 0.2) is 0 Å². The molecule has 3 aromatic carbocycles. The number of benzene rings is 3. The van der Waals surface area contributed by atoms with E-state index in [1.807, 2.05) is 80.6 Å². The average Bonchev–Trinajstić information content (AvgIpc) is 2.92. The Morgan fingerprint density at radius 2 is 1.62 bits per heavy atom. The maximum Gasteiger partial charge on any atom is 0.243 e. The van der Waals surface area contributed by atoms with Gasteiger partial charge < -0.3 is 10.2 Å². The Morgan fingerprint density at radius 1 is 0.950 bits per heavy atom. The van der Waals surface area contributed by atoms with E-state index in [9.17, 15) is 18.0 Å². The lowest BCUT2D eigenvalue weighted by molar-refractivity contribution is -0.141. The van der Waals surface area contributed by atoms with Crippen molar-refractivity contribution in [2.75, 3.05) is 23.7 Å². The molecule has 214 valence electrons. The van der Waals surface area contributed by atoms with Crippen molar-refractivity contribution in [3.8, 4) is 0 Å². The van der Waals surface area contributed by atoms with Gasteiger partial charge in [-0.3, -0.25) is 13.9 Å². The van der Waals surface area contributed by atoms with Crippen molar-refractivity contribution in [3.63, 3.8) is 0 Å². The molecule has 1 N–H and O–H groups in total. The first-order valence-electron chi connectivity index (χ1n) is 13.5. The number of rotatable bonds is 14. The van der Waals surface area contributed by atoms with Crippen LogP contribution in [-0.2, 0) is 32.6 Å². The number of amides is 2. The predicted octanol–water partition coefficient (Wildman–Crippen LogP) is 5.47.